The van der Waals surface area contributed by atoms with Gasteiger partial charge in [0.05, 0.1) is 0 Å². The number of carbonyl (C=O) groups is 2. The van der Waals surface area contributed by atoms with Gasteiger partial charge in [-0.25, -0.2) is 4.79 Å². The van der Waals surface area contributed by atoms with Gasteiger partial charge >= 0.3 is 5.97 Å². The van der Waals surface area contributed by atoms with Crippen molar-refractivity contribution in [2.75, 3.05) is 14.2 Å². The van der Waals surface area contributed by atoms with E-state index >= 15 is 0 Å². The topological polar surface area (TPSA) is 72.8 Å². The molecule has 1 N–H and O–H groups in total. The minimum Gasteiger partial charge on any atom is -0.475 e. The van der Waals surface area contributed by atoms with Crippen LogP contribution >= 0.6 is 0 Å². The minimum atomic E-state index is -1.52. The van der Waals surface area contributed by atoms with E-state index in [0.717, 1.165) is 11.1 Å². The van der Waals surface area contributed by atoms with Gasteiger partial charge < -0.3 is 14.6 Å². The van der Waals surface area contributed by atoms with Crippen LogP contribution in [0.15, 0.2) is 48.6 Å². The van der Waals surface area contributed by atoms with Crippen LogP contribution in [-0.2, 0) is 19.1 Å². The molecule has 0 radical (unpaired) electrons. The van der Waals surface area contributed by atoms with E-state index in [1.807, 2.05) is 30.3 Å². The average Bonchev–Trinajstić information content (AvgIpc) is 2.54. The van der Waals surface area contributed by atoms with Crippen LogP contribution in [0, 0.1) is 5.92 Å². The number of rotatable bonds is 5. The summed E-state index contributed by atoms with van der Waals surface area (Å²) < 4.78 is 10.5. The largest absolute Gasteiger partial charge is 0.475 e. The molecule has 1 aromatic carbocycles. The number of ether oxygens (including phenoxy) is 2. The molecule has 5 nitrogen and oxygen atoms in total. The smallest absolute Gasteiger partial charge is 0.373 e. The van der Waals surface area contributed by atoms with E-state index < -0.39 is 23.5 Å². The molecule has 1 unspecified atom stereocenters. The Labute approximate surface area is 122 Å². The highest BCUT2D eigenvalue weighted by Crippen LogP contribution is 2.35. The van der Waals surface area contributed by atoms with E-state index in [4.69, 9.17) is 14.6 Å². The maximum atomic E-state index is 12.0. The Kier molecular flexibility index (Phi) is 4.35. The Morgan fingerprint density at radius 2 is 1.76 bits per heavy atom. The van der Waals surface area contributed by atoms with Crippen LogP contribution in [0.3, 0.4) is 0 Å². The molecule has 0 bridgehead atoms. The second-order valence-corrected chi connectivity index (χ2v) is 4.60. The molecule has 0 spiro atoms. The normalized spacial score (nSPS) is 19.9. The summed E-state index contributed by atoms with van der Waals surface area (Å²) in [7, 11) is 2.74. The van der Waals surface area contributed by atoms with Gasteiger partial charge in [0.25, 0.3) is 5.78 Å². The first kappa shape index (κ1) is 15.2. The van der Waals surface area contributed by atoms with Crippen molar-refractivity contribution in [3.05, 3.63) is 54.1 Å². The van der Waals surface area contributed by atoms with Crippen molar-refractivity contribution in [1.82, 2.24) is 0 Å². The Morgan fingerprint density at radius 3 is 2.29 bits per heavy atom. The summed E-state index contributed by atoms with van der Waals surface area (Å²) in [4.78, 5) is 23.0. The highest BCUT2D eigenvalue weighted by molar-refractivity contribution is 6.34. The Balaban J connectivity index is 2.47. The third kappa shape index (κ3) is 2.79. The number of hydrogen-bond acceptors (Lipinski definition) is 4. The molecule has 1 aliphatic rings. The zero-order chi connectivity index (χ0) is 15.5. The van der Waals surface area contributed by atoms with Crippen molar-refractivity contribution in [2.45, 2.75) is 5.79 Å². The van der Waals surface area contributed by atoms with Crippen LogP contribution in [0.25, 0.3) is 5.57 Å². The van der Waals surface area contributed by atoms with Gasteiger partial charge in [0, 0.05) is 14.2 Å². The number of Topliss-reactive ketones (excluding diaryl/α,β-unsaturated/α-hetero) is 1. The fraction of sp³-hybridized carbons (Fsp3) is 0.250. The molecule has 0 amide bonds. The Bertz CT molecular complexity index is 596. The van der Waals surface area contributed by atoms with Crippen LogP contribution in [0.4, 0.5) is 0 Å². The Morgan fingerprint density at radius 1 is 1.14 bits per heavy atom. The lowest BCUT2D eigenvalue weighted by atomic mass is 9.84. The summed E-state index contributed by atoms with van der Waals surface area (Å²) in [6.45, 7) is 0. The number of methoxy groups -OCH3 is 2. The number of benzene rings is 1. The second kappa shape index (κ2) is 6.03. The summed E-state index contributed by atoms with van der Waals surface area (Å²) in [6.07, 6.45) is 4.90. The van der Waals surface area contributed by atoms with Crippen LogP contribution < -0.4 is 0 Å². The predicted molar refractivity (Wildman–Crippen MR) is 76.4 cm³/mol. The summed E-state index contributed by atoms with van der Waals surface area (Å²) in [5.74, 6) is -4.94. The average molecular weight is 288 g/mol. The van der Waals surface area contributed by atoms with Gasteiger partial charge in [-0.1, -0.05) is 42.5 Å². The van der Waals surface area contributed by atoms with E-state index in [0.29, 0.717) is 0 Å². The third-order valence-corrected chi connectivity index (χ3v) is 3.51. The van der Waals surface area contributed by atoms with Gasteiger partial charge in [-0.3, -0.25) is 4.79 Å². The van der Waals surface area contributed by atoms with Gasteiger partial charge in [0.15, 0.2) is 0 Å². The first-order valence-electron chi connectivity index (χ1n) is 6.38. The van der Waals surface area contributed by atoms with Crippen LogP contribution in [0.2, 0.25) is 0 Å². The number of carboxylic acid groups (broad SMARTS) is 1. The van der Waals surface area contributed by atoms with Gasteiger partial charge in [-0.15, -0.1) is 0 Å². The van der Waals surface area contributed by atoms with Gasteiger partial charge in [-0.05, 0) is 17.2 Å². The fourth-order valence-corrected chi connectivity index (χ4v) is 2.35. The molecule has 110 valence electrons. The van der Waals surface area contributed by atoms with Crippen molar-refractivity contribution >= 4 is 17.3 Å². The summed E-state index contributed by atoms with van der Waals surface area (Å²) in [5.41, 5.74) is 1.64. The lowest BCUT2D eigenvalue weighted by Gasteiger charge is -2.35. The number of allylic oxidation sites excluding steroid dienone is 2. The van der Waals surface area contributed by atoms with Crippen LogP contribution in [-0.4, -0.2) is 36.9 Å². The standard InChI is InChI=1S/C16H16O5/c1-20-16(21-2)9-8-12(11-6-4-3-5-7-11)10-13(16)14(17)15(18)19/h3-10,13H,1-2H3,(H,18,19). The summed E-state index contributed by atoms with van der Waals surface area (Å²) in [5, 5.41) is 9.00. The number of carboxylic acids is 1. The third-order valence-electron chi connectivity index (χ3n) is 3.51. The lowest BCUT2D eigenvalue weighted by molar-refractivity contribution is -0.198. The predicted octanol–water partition coefficient (Wildman–Crippen LogP) is 1.90. The molecule has 0 aromatic heterocycles. The van der Waals surface area contributed by atoms with E-state index in [-0.39, 0.29) is 0 Å². The van der Waals surface area contributed by atoms with E-state index in [1.54, 1.807) is 18.2 Å². The monoisotopic (exact) mass is 288 g/mol. The highest BCUT2D eigenvalue weighted by atomic mass is 16.7. The minimum absolute atomic E-state index is 0.750. The zero-order valence-corrected chi connectivity index (χ0v) is 11.8. The van der Waals surface area contributed by atoms with E-state index in [9.17, 15) is 9.59 Å². The van der Waals surface area contributed by atoms with E-state index in [2.05, 4.69) is 0 Å². The first-order chi connectivity index (χ1) is 10.0. The van der Waals surface area contributed by atoms with Crippen LogP contribution in [0.5, 0.6) is 0 Å². The molecule has 1 aliphatic carbocycles. The van der Waals surface area contributed by atoms with Crippen molar-refractivity contribution < 1.29 is 24.2 Å². The van der Waals surface area contributed by atoms with Crippen molar-refractivity contribution in [3.63, 3.8) is 0 Å². The molecular formula is C16H16O5. The fourth-order valence-electron chi connectivity index (χ4n) is 2.35. The molecule has 0 saturated heterocycles. The maximum Gasteiger partial charge on any atom is 0.373 e. The molecule has 1 aromatic rings. The zero-order valence-electron chi connectivity index (χ0n) is 11.8. The summed E-state index contributed by atoms with van der Waals surface area (Å²) in [6, 6.07) is 9.38. The molecular weight excluding hydrogens is 272 g/mol. The molecule has 21 heavy (non-hydrogen) atoms. The van der Waals surface area contributed by atoms with Crippen molar-refractivity contribution in [2.24, 2.45) is 5.92 Å². The first-order valence-corrected chi connectivity index (χ1v) is 6.38. The number of hydrogen-bond donors (Lipinski definition) is 1. The van der Waals surface area contributed by atoms with Crippen LogP contribution in [0.1, 0.15) is 5.56 Å². The Hall–Kier alpha value is -2.24. The van der Waals surface area contributed by atoms with Crippen molar-refractivity contribution in [3.8, 4) is 0 Å². The molecule has 0 fully saturated rings. The van der Waals surface area contributed by atoms with Gasteiger partial charge in [-0.2, -0.15) is 0 Å². The molecule has 5 heteroatoms. The molecule has 2 rings (SSSR count). The number of aliphatic carboxylic acids is 1. The molecule has 0 aliphatic heterocycles. The maximum absolute atomic E-state index is 12.0. The van der Waals surface area contributed by atoms with Gasteiger partial charge in [0.1, 0.15) is 5.92 Å². The van der Waals surface area contributed by atoms with E-state index in [1.165, 1.54) is 14.2 Å². The number of carbonyl (C=O) groups excluding carboxylic acids is 1. The SMILES string of the molecule is COC1(OC)C=CC(c2ccccc2)=CC1C(=O)C(=O)O. The molecule has 0 saturated carbocycles. The number of ketones is 1. The summed E-state index contributed by atoms with van der Waals surface area (Å²) >= 11 is 0. The quantitative estimate of drug-likeness (QED) is 0.661. The lowest BCUT2D eigenvalue weighted by Crippen LogP contribution is -2.46. The highest BCUT2D eigenvalue weighted by Gasteiger charge is 2.45. The molecule has 1 atom stereocenters. The molecule has 0 heterocycles. The van der Waals surface area contributed by atoms with Gasteiger partial charge in [0.2, 0.25) is 5.79 Å². The van der Waals surface area contributed by atoms with Crippen molar-refractivity contribution in [1.29, 1.82) is 0 Å². The second-order valence-electron chi connectivity index (χ2n) is 4.60.